The number of hydrogen-bond acceptors (Lipinski definition) is 3. The molecule has 0 aliphatic rings. The molecule has 5 nitrogen and oxygen atoms in total. The van der Waals surface area contributed by atoms with Gasteiger partial charge in [-0.2, -0.15) is 0 Å². The zero-order chi connectivity index (χ0) is 16.3. The smallest absolute Gasteiger partial charge is 0.254 e. The van der Waals surface area contributed by atoms with E-state index in [0.717, 1.165) is 17.5 Å². The van der Waals surface area contributed by atoms with Crippen molar-refractivity contribution in [2.24, 2.45) is 5.73 Å². The van der Waals surface area contributed by atoms with Gasteiger partial charge < -0.3 is 10.8 Å². The van der Waals surface area contributed by atoms with E-state index in [0.29, 0.717) is 12.0 Å². The molecule has 1 aromatic carbocycles. The molecule has 1 amide bonds. The lowest BCUT2D eigenvalue weighted by molar-refractivity contribution is 0.0995. The van der Waals surface area contributed by atoms with Crippen molar-refractivity contribution >= 4 is 5.91 Å². The maximum absolute atomic E-state index is 12.2. The molecule has 0 saturated carbocycles. The zero-order valence-corrected chi connectivity index (χ0v) is 12.8. The van der Waals surface area contributed by atoms with Crippen molar-refractivity contribution in [3.63, 3.8) is 0 Å². The number of aromatic hydroxyl groups is 1. The molecule has 0 saturated heterocycles. The van der Waals surface area contributed by atoms with Crippen molar-refractivity contribution < 1.29 is 9.90 Å². The zero-order valence-electron chi connectivity index (χ0n) is 12.8. The van der Waals surface area contributed by atoms with Gasteiger partial charge in [0.15, 0.2) is 0 Å². The highest BCUT2D eigenvalue weighted by molar-refractivity contribution is 5.96. The average molecular weight is 300 g/mol. The third-order valence-corrected chi connectivity index (χ3v) is 3.59. The van der Waals surface area contributed by atoms with Gasteiger partial charge in [-0.05, 0) is 24.5 Å². The van der Waals surface area contributed by atoms with Crippen LogP contribution in [0.15, 0.2) is 35.1 Å². The molecule has 1 aromatic heterocycles. The fourth-order valence-electron chi connectivity index (χ4n) is 2.45. The molecule has 1 heterocycles. The number of aryl methyl sites for hydroxylation is 2. The fourth-order valence-corrected chi connectivity index (χ4v) is 2.45. The summed E-state index contributed by atoms with van der Waals surface area (Å²) in [7, 11) is 0. The quantitative estimate of drug-likeness (QED) is 0.885. The Kier molecular flexibility index (Phi) is 4.65. The summed E-state index contributed by atoms with van der Waals surface area (Å²) < 4.78 is 1.17. The molecule has 2 aromatic rings. The van der Waals surface area contributed by atoms with Crippen LogP contribution >= 0.6 is 0 Å². The maximum Gasteiger partial charge on any atom is 0.254 e. The predicted octanol–water partition coefficient (Wildman–Crippen LogP) is 1.96. The lowest BCUT2D eigenvalue weighted by Gasteiger charge is -2.14. The van der Waals surface area contributed by atoms with Crippen molar-refractivity contribution in [1.82, 2.24) is 4.57 Å². The number of nitrogens with zero attached hydrogens (tertiary/aromatic N) is 1. The first-order valence-corrected chi connectivity index (χ1v) is 7.25. The molecule has 0 radical (unpaired) electrons. The minimum absolute atomic E-state index is 0.0357. The van der Waals surface area contributed by atoms with Crippen LogP contribution in [0.3, 0.4) is 0 Å². The Morgan fingerprint density at radius 1 is 1.27 bits per heavy atom. The van der Waals surface area contributed by atoms with Crippen molar-refractivity contribution in [2.45, 2.75) is 33.2 Å². The Bertz CT molecular complexity index is 746. The number of nitrogens with two attached hydrogens (primary N) is 1. The first kappa shape index (κ1) is 15.8. The van der Waals surface area contributed by atoms with E-state index in [1.165, 1.54) is 10.6 Å². The van der Waals surface area contributed by atoms with Gasteiger partial charge in [0.1, 0.15) is 5.56 Å². The van der Waals surface area contributed by atoms with E-state index >= 15 is 0 Å². The molecule has 2 rings (SSSR count). The highest BCUT2D eigenvalue weighted by Crippen LogP contribution is 2.21. The Morgan fingerprint density at radius 3 is 2.45 bits per heavy atom. The molecule has 0 unspecified atom stereocenters. The van der Waals surface area contributed by atoms with Gasteiger partial charge in [-0.1, -0.05) is 43.2 Å². The van der Waals surface area contributed by atoms with Crippen LogP contribution in [-0.4, -0.2) is 15.6 Å². The van der Waals surface area contributed by atoms with E-state index in [2.05, 4.69) is 0 Å². The minimum atomic E-state index is -0.724. The molecular formula is C17H20N2O3. The third-order valence-electron chi connectivity index (χ3n) is 3.59. The van der Waals surface area contributed by atoms with Gasteiger partial charge in [-0.25, -0.2) is 0 Å². The first-order chi connectivity index (χ1) is 10.4. The van der Waals surface area contributed by atoms with Crippen LogP contribution in [-0.2, 0) is 13.0 Å². The number of amides is 1. The lowest BCUT2D eigenvalue weighted by atomic mass is 10.0. The minimum Gasteiger partial charge on any atom is -0.494 e. The van der Waals surface area contributed by atoms with Crippen molar-refractivity contribution in [2.75, 3.05) is 0 Å². The Morgan fingerprint density at radius 2 is 1.91 bits per heavy atom. The Labute approximate surface area is 129 Å². The van der Waals surface area contributed by atoms with Crippen LogP contribution in [0.1, 0.15) is 40.4 Å². The van der Waals surface area contributed by atoms with Crippen molar-refractivity contribution in [1.29, 1.82) is 0 Å². The summed E-state index contributed by atoms with van der Waals surface area (Å²) in [6.45, 7) is 4.09. The molecule has 0 atom stereocenters. The van der Waals surface area contributed by atoms with E-state index < -0.39 is 5.91 Å². The van der Waals surface area contributed by atoms with Gasteiger partial charge in [-0.15, -0.1) is 0 Å². The molecule has 0 aliphatic carbocycles. The SMILES string of the molecule is CCCc1cc(=O)n(Cc2ccc(C)cc2)c(O)c1C(N)=O. The van der Waals surface area contributed by atoms with E-state index in [1.807, 2.05) is 38.1 Å². The highest BCUT2D eigenvalue weighted by Gasteiger charge is 2.19. The Balaban J connectivity index is 2.52. The number of aromatic nitrogens is 1. The standard InChI is InChI=1S/C17H20N2O3/c1-3-4-13-9-14(20)19(17(22)15(13)16(18)21)10-12-7-5-11(2)6-8-12/h5-9,22H,3-4,10H2,1-2H3,(H2,18,21). The van der Waals surface area contributed by atoms with Gasteiger partial charge in [-0.3, -0.25) is 14.2 Å². The molecular weight excluding hydrogens is 280 g/mol. The largest absolute Gasteiger partial charge is 0.494 e. The van der Waals surface area contributed by atoms with Crippen molar-refractivity contribution in [3.05, 3.63) is 62.9 Å². The summed E-state index contributed by atoms with van der Waals surface area (Å²) in [5.74, 6) is -1.08. The topological polar surface area (TPSA) is 85.3 Å². The van der Waals surface area contributed by atoms with Crippen LogP contribution < -0.4 is 11.3 Å². The number of hydrogen-bond donors (Lipinski definition) is 2. The summed E-state index contributed by atoms with van der Waals surface area (Å²) in [4.78, 5) is 23.9. The maximum atomic E-state index is 12.2. The number of primary amides is 1. The molecule has 0 bridgehead atoms. The van der Waals surface area contributed by atoms with Crippen LogP contribution in [0.4, 0.5) is 0 Å². The molecule has 0 fully saturated rings. The van der Waals surface area contributed by atoms with Gasteiger partial charge in [0.25, 0.3) is 11.5 Å². The van der Waals surface area contributed by atoms with E-state index in [4.69, 9.17) is 5.73 Å². The third kappa shape index (κ3) is 3.19. The monoisotopic (exact) mass is 300 g/mol. The summed E-state index contributed by atoms with van der Waals surface area (Å²) in [5.41, 5.74) is 7.53. The summed E-state index contributed by atoms with van der Waals surface area (Å²) in [6.07, 6.45) is 1.27. The molecule has 22 heavy (non-hydrogen) atoms. The van der Waals surface area contributed by atoms with E-state index in [1.54, 1.807) is 0 Å². The summed E-state index contributed by atoms with van der Waals surface area (Å²) in [5, 5.41) is 10.3. The average Bonchev–Trinajstić information content (AvgIpc) is 2.45. The number of carbonyl (C=O) groups excluding carboxylic acids is 1. The van der Waals surface area contributed by atoms with Gasteiger partial charge in [0.05, 0.1) is 6.54 Å². The van der Waals surface area contributed by atoms with Gasteiger partial charge >= 0.3 is 0 Å². The van der Waals surface area contributed by atoms with Crippen LogP contribution in [0.25, 0.3) is 0 Å². The molecule has 5 heteroatoms. The van der Waals surface area contributed by atoms with Crippen LogP contribution in [0.2, 0.25) is 0 Å². The van der Waals surface area contributed by atoms with Crippen LogP contribution in [0.5, 0.6) is 5.88 Å². The molecule has 3 N–H and O–H groups in total. The highest BCUT2D eigenvalue weighted by atomic mass is 16.3. The number of benzene rings is 1. The number of carbonyl (C=O) groups is 1. The van der Waals surface area contributed by atoms with E-state index in [9.17, 15) is 14.7 Å². The van der Waals surface area contributed by atoms with Gasteiger partial charge in [0, 0.05) is 6.07 Å². The number of rotatable bonds is 5. The van der Waals surface area contributed by atoms with Gasteiger partial charge in [0.2, 0.25) is 5.88 Å². The second kappa shape index (κ2) is 6.47. The van der Waals surface area contributed by atoms with Crippen molar-refractivity contribution in [3.8, 4) is 5.88 Å². The molecule has 116 valence electrons. The molecule has 0 aliphatic heterocycles. The molecule has 0 spiro atoms. The first-order valence-electron chi connectivity index (χ1n) is 7.25. The lowest BCUT2D eigenvalue weighted by Crippen LogP contribution is -2.26. The Hall–Kier alpha value is -2.56. The summed E-state index contributed by atoms with van der Waals surface area (Å²) in [6, 6.07) is 9.00. The normalized spacial score (nSPS) is 10.6. The number of pyridine rings is 1. The summed E-state index contributed by atoms with van der Waals surface area (Å²) >= 11 is 0. The van der Waals surface area contributed by atoms with E-state index in [-0.39, 0.29) is 23.5 Å². The fraction of sp³-hybridized carbons (Fsp3) is 0.294. The van der Waals surface area contributed by atoms with Crippen LogP contribution in [0, 0.1) is 6.92 Å². The second-order valence-electron chi connectivity index (χ2n) is 5.39. The second-order valence-corrected chi connectivity index (χ2v) is 5.39. The predicted molar refractivity (Wildman–Crippen MR) is 85.2 cm³/mol.